The van der Waals surface area contributed by atoms with Gasteiger partial charge in [0.05, 0.1) is 22.6 Å². The largest absolute Gasteiger partial charge is 0.478 e. The lowest BCUT2D eigenvalue weighted by atomic mass is 10.2. The van der Waals surface area contributed by atoms with Crippen molar-refractivity contribution < 1.29 is 23.1 Å². The zero-order valence-electron chi connectivity index (χ0n) is 11.3. The first kappa shape index (κ1) is 15.0. The highest BCUT2D eigenvalue weighted by molar-refractivity contribution is 7.89. The molecule has 7 heteroatoms. The Bertz CT molecular complexity index is 613. The SMILES string of the molecule is CC1OCCC1N(C)S(=O)(=O)c1cccc(C(=O)O)c1. The topological polar surface area (TPSA) is 83.9 Å². The maximum atomic E-state index is 12.5. The van der Waals surface area contributed by atoms with Gasteiger partial charge in [-0.2, -0.15) is 4.31 Å². The minimum atomic E-state index is -3.72. The lowest BCUT2D eigenvalue weighted by molar-refractivity contribution is 0.0696. The summed E-state index contributed by atoms with van der Waals surface area (Å²) in [5, 5.41) is 8.94. The van der Waals surface area contributed by atoms with E-state index in [2.05, 4.69) is 0 Å². The maximum absolute atomic E-state index is 12.5. The van der Waals surface area contributed by atoms with Crippen LogP contribution in [0.2, 0.25) is 0 Å². The molecule has 1 aromatic carbocycles. The molecule has 110 valence electrons. The van der Waals surface area contributed by atoms with Crippen LogP contribution in [0.1, 0.15) is 23.7 Å². The average molecular weight is 299 g/mol. The number of ether oxygens (including phenoxy) is 1. The number of likely N-dealkylation sites (N-methyl/N-ethyl adjacent to an activating group) is 1. The number of benzene rings is 1. The smallest absolute Gasteiger partial charge is 0.335 e. The summed E-state index contributed by atoms with van der Waals surface area (Å²) in [6, 6.07) is 5.14. The van der Waals surface area contributed by atoms with Crippen LogP contribution in [0.25, 0.3) is 0 Å². The summed E-state index contributed by atoms with van der Waals surface area (Å²) in [6.07, 6.45) is 0.465. The van der Waals surface area contributed by atoms with E-state index in [9.17, 15) is 13.2 Å². The van der Waals surface area contributed by atoms with E-state index in [1.807, 2.05) is 6.92 Å². The van der Waals surface area contributed by atoms with Crippen LogP contribution in [0.5, 0.6) is 0 Å². The molecule has 2 unspecified atom stereocenters. The molecule has 1 aromatic rings. The van der Waals surface area contributed by atoms with Crippen molar-refractivity contribution in [1.29, 1.82) is 0 Å². The maximum Gasteiger partial charge on any atom is 0.335 e. The fourth-order valence-electron chi connectivity index (χ4n) is 2.33. The molecule has 0 aliphatic carbocycles. The standard InChI is InChI=1S/C13H17NO5S/c1-9-12(6-7-19-9)14(2)20(17,18)11-5-3-4-10(8-11)13(15)16/h3-5,8-9,12H,6-7H2,1-2H3,(H,15,16). The van der Waals surface area contributed by atoms with Crippen molar-refractivity contribution >= 4 is 16.0 Å². The van der Waals surface area contributed by atoms with E-state index in [-0.39, 0.29) is 22.6 Å². The lowest BCUT2D eigenvalue weighted by Crippen LogP contribution is -2.40. The molecule has 2 rings (SSSR count). The van der Waals surface area contributed by atoms with Gasteiger partial charge in [-0.25, -0.2) is 13.2 Å². The highest BCUT2D eigenvalue weighted by Gasteiger charge is 2.35. The summed E-state index contributed by atoms with van der Waals surface area (Å²) >= 11 is 0. The Kier molecular flexibility index (Phi) is 4.12. The van der Waals surface area contributed by atoms with Crippen LogP contribution in [0.3, 0.4) is 0 Å². The van der Waals surface area contributed by atoms with Gasteiger partial charge in [-0.15, -0.1) is 0 Å². The molecular formula is C13H17NO5S. The van der Waals surface area contributed by atoms with Crippen LogP contribution in [0, 0.1) is 0 Å². The molecule has 0 spiro atoms. The van der Waals surface area contributed by atoms with E-state index < -0.39 is 16.0 Å². The second kappa shape index (κ2) is 5.51. The molecule has 1 heterocycles. The van der Waals surface area contributed by atoms with Gasteiger partial charge in [0.15, 0.2) is 0 Å². The molecule has 0 bridgehead atoms. The molecule has 1 aliphatic heterocycles. The Hall–Kier alpha value is -1.44. The minimum absolute atomic E-state index is 0.0148. The molecule has 1 N–H and O–H groups in total. The van der Waals surface area contributed by atoms with Gasteiger partial charge in [0.25, 0.3) is 0 Å². The first-order valence-corrected chi connectivity index (χ1v) is 7.71. The number of sulfonamides is 1. The first-order chi connectivity index (χ1) is 9.34. The van der Waals surface area contributed by atoms with Gasteiger partial charge in [0, 0.05) is 13.7 Å². The van der Waals surface area contributed by atoms with Gasteiger partial charge in [-0.1, -0.05) is 6.07 Å². The second-order valence-electron chi connectivity index (χ2n) is 4.79. The number of rotatable bonds is 4. The number of hydrogen-bond donors (Lipinski definition) is 1. The number of aromatic carboxylic acids is 1. The Morgan fingerprint density at radius 3 is 2.70 bits per heavy atom. The van der Waals surface area contributed by atoms with E-state index in [1.165, 1.54) is 35.6 Å². The van der Waals surface area contributed by atoms with Gasteiger partial charge in [-0.05, 0) is 31.5 Å². The number of hydrogen-bond acceptors (Lipinski definition) is 4. The fourth-order valence-corrected chi connectivity index (χ4v) is 3.82. The minimum Gasteiger partial charge on any atom is -0.478 e. The fraction of sp³-hybridized carbons (Fsp3) is 0.462. The predicted molar refractivity (Wildman–Crippen MR) is 72.2 cm³/mol. The Morgan fingerprint density at radius 1 is 1.45 bits per heavy atom. The molecule has 6 nitrogen and oxygen atoms in total. The van der Waals surface area contributed by atoms with Crippen molar-refractivity contribution in [2.75, 3.05) is 13.7 Å². The Morgan fingerprint density at radius 2 is 2.15 bits per heavy atom. The third-order valence-corrected chi connectivity index (χ3v) is 5.44. The van der Waals surface area contributed by atoms with Crippen LogP contribution >= 0.6 is 0 Å². The normalized spacial score (nSPS) is 23.1. The molecule has 0 amide bonds. The second-order valence-corrected chi connectivity index (χ2v) is 6.78. The van der Waals surface area contributed by atoms with Gasteiger partial charge in [0.1, 0.15) is 0 Å². The van der Waals surface area contributed by atoms with Crippen LogP contribution in [-0.4, -0.2) is 49.6 Å². The summed E-state index contributed by atoms with van der Waals surface area (Å²) in [7, 11) is -2.22. The highest BCUT2D eigenvalue weighted by atomic mass is 32.2. The molecule has 0 saturated carbocycles. The van der Waals surface area contributed by atoms with Crippen molar-refractivity contribution in [3.63, 3.8) is 0 Å². The summed E-state index contributed by atoms with van der Waals surface area (Å²) in [4.78, 5) is 10.9. The quantitative estimate of drug-likeness (QED) is 0.902. The predicted octanol–water partition coefficient (Wildman–Crippen LogP) is 1.18. The van der Waals surface area contributed by atoms with Crippen molar-refractivity contribution in [2.24, 2.45) is 0 Å². The highest BCUT2D eigenvalue weighted by Crippen LogP contribution is 2.25. The van der Waals surface area contributed by atoms with Crippen molar-refractivity contribution in [1.82, 2.24) is 4.31 Å². The van der Waals surface area contributed by atoms with Crippen LogP contribution in [0.4, 0.5) is 0 Å². The zero-order chi connectivity index (χ0) is 14.9. The molecule has 1 fully saturated rings. The summed E-state index contributed by atoms with van der Waals surface area (Å²) < 4.78 is 31.7. The van der Waals surface area contributed by atoms with Crippen molar-refractivity contribution in [2.45, 2.75) is 30.4 Å². The molecule has 20 heavy (non-hydrogen) atoms. The third kappa shape index (κ3) is 2.70. The third-order valence-electron chi connectivity index (χ3n) is 3.56. The molecule has 0 radical (unpaired) electrons. The molecule has 2 atom stereocenters. The van der Waals surface area contributed by atoms with E-state index >= 15 is 0 Å². The van der Waals surface area contributed by atoms with Gasteiger partial charge >= 0.3 is 5.97 Å². The van der Waals surface area contributed by atoms with Crippen molar-refractivity contribution in [3.05, 3.63) is 29.8 Å². The summed E-state index contributed by atoms with van der Waals surface area (Å²) in [5.74, 6) is -1.15. The Balaban J connectivity index is 2.34. The number of carboxylic acids is 1. The number of carbonyl (C=O) groups is 1. The summed E-state index contributed by atoms with van der Waals surface area (Å²) in [5.41, 5.74) is -0.0461. The van der Waals surface area contributed by atoms with E-state index in [0.717, 1.165) is 0 Å². The van der Waals surface area contributed by atoms with Gasteiger partial charge < -0.3 is 9.84 Å². The zero-order valence-corrected chi connectivity index (χ0v) is 12.1. The first-order valence-electron chi connectivity index (χ1n) is 6.27. The molecule has 1 aliphatic rings. The van der Waals surface area contributed by atoms with E-state index in [0.29, 0.717) is 13.0 Å². The van der Waals surface area contributed by atoms with Crippen LogP contribution in [0.15, 0.2) is 29.2 Å². The van der Waals surface area contributed by atoms with Gasteiger partial charge in [-0.3, -0.25) is 0 Å². The van der Waals surface area contributed by atoms with Crippen LogP contribution < -0.4 is 0 Å². The van der Waals surface area contributed by atoms with Crippen molar-refractivity contribution in [3.8, 4) is 0 Å². The Labute approximate surface area is 118 Å². The monoisotopic (exact) mass is 299 g/mol. The summed E-state index contributed by atoms with van der Waals surface area (Å²) in [6.45, 7) is 2.36. The average Bonchev–Trinajstić information content (AvgIpc) is 2.84. The van der Waals surface area contributed by atoms with E-state index in [4.69, 9.17) is 9.84 Å². The van der Waals surface area contributed by atoms with Crippen LogP contribution in [-0.2, 0) is 14.8 Å². The molecule has 0 aromatic heterocycles. The molecular weight excluding hydrogens is 282 g/mol. The number of nitrogens with zero attached hydrogens (tertiary/aromatic N) is 1. The number of carboxylic acid groups (broad SMARTS) is 1. The van der Waals surface area contributed by atoms with Gasteiger partial charge in [0.2, 0.25) is 10.0 Å². The lowest BCUT2D eigenvalue weighted by Gasteiger charge is -2.26. The molecule has 1 saturated heterocycles. The van der Waals surface area contributed by atoms with E-state index in [1.54, 1.807) is 0 Å².